The number of benzene rings is 1. The minimum absolute atomic E-state index is 0.0804. The van der Waals surface area contributed by atoms with Crippen LogP contribution in [0.2, 0.25) is 0 Å². The molecule has 0 heterocycles. The van der Waals surface area contributed by atoms with Crippen molar-refractivity contribution in [3.05, 3.63) is 29.3 Å². The van der Waals surface area contributed by atoms with Gasteiger partial charge in [-0.2, -0.15) is 0 Å². The Kier molecular flexibility index (Phi) is 5.51. The molecule has 0 aliphatic heterocycles. The average molecular weight is 253 g/mol. The van der Waals surface area contributed by atoms with Crippen LogP contribution < -0.4 is 5.32 Å². The molecule has 0 bridgehead atoms. The van der Waals surface area contributed by atoms with Crippen molar-refractivity contribution in [3.8, 4) is 0 Å². The molecule has 17 heavy (non-hydrogen) atoms. The van der Waals surface area contributed by atoms with Gasteiger partial charge in [-0.05, 0) is 37.0 Å². The Bertz CT molecular complexity index is 393. The number of hydrogen-bond acceptors (Lipinski definition) is 3. The molecule has 0 radical (unpaired) electrons. The molecule has 0 saturated heterocycles. The van der Waals surface area contributed by atoms with Crippen molar-refractivity contribution in [2.75, 3.05) is 13.2 Å². The van der Waals surface area contributed by atoms with Crippen molar-refractivity contribution in [1.82, 2.24) is 5.32 Å². The van der Waals surface area contributed by atoms with Crippen molar-refractivity contribution >= 4 is 18.5 Å². The fourth-order valence-electron chi connectivity index (χ4n) is 1.54. The third-order valence-electron chi connectivity index (χ3n) is 2.70. The smallest absolute Gasteiger partial charge is 0.251 e. The van der Waals surface area contributed by atoms with Crippen LogP contribution in [0.25, 0.3) is 0 Å². The van der Waals surface area contributed by atoms with Crippen LogP contribution in [-0.2, 0) is 0 Å². The van der Waals surface area contributed by atoms with E-state index in [1.54, 1.807) is 6.07 Å². The summed E-state index contributed by atoms with van der Waals surface area (Å²) in [4.78, 5) is 12.7. The topological polar surface area (TPSA) is 49.3 Å². The first-order chi connectivity index (χ1) is 8.04. The third-order valence-corrected chi connectivity index (χ3v) is 2.98. The predicted octanol–water partition coefficient (Wildman–Crippen LogP) is 2.03. The highest BCUT2D eigenvalue weighted by Crippen LogP contribution is 2.14. The summed E-state index contributed by atoms with van der Waals surface area (Å²) in [6, 6.07) is 5.52. The highest BCUT2D eigenvalue weighted by molar-refractivity contribution is 7.80. The number of aryl methyl sites for hydroxylation is 1. The number of hydrogen-bond donors (Lipinski definition) is 3. The lowest BCUT2D eigenvalue weighted by Crippen LogP contribution is -2.29. The number of aliphatic hydroxyl groups is 1. The highest BCUT2D eigenvalue weighted by Gasteiger charge is 2.10. The molecule has 0 aliphatic rings. The number of carbonyl (C=O) groups is 1. The van der Waals surface area contributed by atoms with Crippen LogP contribution in [0.1, 0.15) is 29.3 Å². The monoisotopic (exact) mass is 253 g/mol. The minimum Gasteiger partial charge on any atom is -0.396 e. The molecule has 2 N–H and O–H groups in total. The Morgan fingerprint density at radius 3 is 2.88 bits per heavy atom. The zero-order chi connectivity index (χ0) is 12.8. The normalized spacial score (nSPS) is 12.2. The van der Waals surface area contributed by atoms with Gasteiger partial charge >= 0.3 is 0 Å². The zero-order valence-electron chi connectivity index (χ0n) is 10.2. The quantitative estimate of drug-likeness (QED) is 0.703. The van der Waals surface area contributed by atoms with Crippen LogP contribution in [0.4, 0.5) is 0 Å². The maximum absolute atomic E-state index is 11.9. The van der Waals surface area contributed by atoms with Gasteiger partial charge < -0.3 is 10.4 Å². The van der Waals surface area contributed by atoms with Crippen molar-refractivity contribution in [1.29, 1.82) is 0 Å². The van der Waals surface area contributed by atoms with Gasteiger partial charge in [0.15, 0.2) is 0 Å². The summed E-state index contributed by atoms with van der Waals surface area (Å²) < 4.78 is 0. The third kappa shape index (κ3) is 4.40. The summed E-state index contributed by atoms with van der Waals surface area (Å²) in [5.74, 6) is 0.201. The largest absolute Gasteiger partial charge is 0.396 e. The Hall–Kier alpha value is -1.00. The van der Waals surface area contributed by atoms with Crippen molar-refractivity contribution < 1.29 is 9.90 Å². The van der Waals surface area contributed by atoms with Crippen LogP contribution in [0.5, 0.6) is 0 Å². The van der Waals surface area contributed by atoms with Crippen molar-refractivity contribution in [2.24, 2.45) is 5.92 Å². The van der Waals surface area contributed by atoms with Gasteiger partial charge in [0.1, 0.15) is 0 Å². The van der Waals surface area contributed by atoms with Gasteiger partial charge in [0.25, 0.3) is 5.91 Å². The van der Waals surface area contributed by atoms with Crippen LogP contribution in [0.15, 0.2) is 23.1 Å². The first-order valence-corrected chi connectivity index (χ1v) is 6.18. The minimum atomic E-state index is -0.0804. The maximum atomic E-state index is 11.9. The summed E-state index contributed by atoms with van der Waals surface area (Å²) in [5.41, 5.74) is 1.60. The number of aliphatic hydroxyl groups excluding tert-OH is 1. The number of rotatable bonds is 5. The van der Waals surface area contributed by atoms with Crippen LogP contribution >= 0.6 is 12.6 Å². The number of carbonyl (C=O) groups excluding carboxylic acids is 1. The second kappa shape index (κ2) is 6.67. The van der Waals surface area contributed by atoms with Crippen molar-refractivity contribution in [2.45, 2.75) is 25.2 Å². The van der Waals surface area contributed by atoms with Gasteiger partial charge in [0.2, 0.25) is 0 Å². The standard InChI is InChI=1S/C13H19NO2S/c1-9(5-6-15)8-14-13(16)12-7-11(17)4-3-10(12)2/h3-4,7,9,15,17H,5-6,8H2,1-2H3,(H,14,16). The lowest BCUT2D eigenvalue weighted by Gasteiger charge is -2.12. The molecule has 1 atom stereocenters. The maximum Gasteiger partial charge on any atom is 0.251 e. The van der Waals surface area contributed by atoms with Gasteiger partial charge in [-0.1, -0.05) is 13.0 Å². The summed E-state index contributed by atoms with van der Waals surface area (Å²) in [5, 5.41) is 11.6. The molecule has 4 heteroatoms. The Labute approximate surface area is 108 Å². The number of amides is 1. The van der Waals surface area contributed by atoms with Gasteiger partial charge in [0.05, 0.1) is 0 Å². The van der Waals surface area contributed by atoms with Crippen LogP contribution in [0.3, 0.4) is 0 Å². The van der Waals surface area contributed by atoms with Crippen LogP contribution in [0, 0.1) is 12.8 Å². The van der Waals surface area contributed by atoms with Gasteiger partial charge in [-0.3, -0.25) is 4.79 Å². The molecular formula is C13H19NO2S. The molecule has 0 fully saturated rings. The number of thiol groups is 1. The van der Waals surface area contributed by atoms with Gasteiger partial charge in [0, 0.05) is 23.6 Å². The summed E-state index contributed by atoms with van der Waals surface area (Å²) in [6.45, 7) is 4.63. The van der Waals surface area contributed by atoms with E-state index in [1.165, 1.54) is 0 Å². The van der Waals surface area contributed by atoms with E-state index in [0.29, 0.717) is 18.5 Å². The SMILES string of the molecule is Cc1ccc(S)cc1C(=O)NCC(C)CCO. The van der Waals surface area contributed by atoms with E-state index in [0.717, 1.165) is 10.5 Å². The molecule has 94 valence electrons. The fourth-order valence-corrected chi connectivity index (χ4v) is 1.74. The van der Waals surface area contributed by atoms with Gasteiger partial charge in [-0.15, -0.1) is 12.6 Å². The Morgan fingerprint density at radius 1 is 1.53 bits per heavy atom. The number of nitrogens with one attached hydrogen (secondary N) is 1. The molecule has 3 nitrogen and oxygen atoms in total. The second-order valence-electron chi connectivity index (χ2n) is 4.33. The molecule has 1 aromatic carbocycles. The zero-order valence-corrected chi connectivity index (χ0v) is 11.1. The lowest BCUT2D eigenvalue weighted by molar-refractivity contribution is 0.0944. The van der Waals surface area contributed by atoms with Gasteiger partial charge in [-0.25, -0.2) is 0 Å². The molecule has 0 aliphatic carbocycles. The summed E-state index contributed by atoms with van der Waals surface area (Å²) >= 11 is 4.23. The second-order valence-corrected chi connectivity index (χ2v) is 4.84. The van der Waals surface area contributed by atoms with Crippen molar-refractivity contribution in [3.63, 3.8) is 0 Å². The Balaban J connectivity index is 2.61. The first kappa shape index (κ1) is 14.1. The van der Waals surface area contributed by atoms with E-state index in [9.17, 15) is 4.79 Å². The molecule has 1 amide bonds. The molecule has 1 unspecified atom stereocenters. The van der Waals surface area contributed by atoms with E-state index in [2.05, 4.69) is 17.9 Å². The highest BCUT2D eigenvalue weighted by atomic mass is 32.1. The Morgan fingerprint density at radius 2 is 2.24 bits per heavy atom. The summed E-state index contributed by atoms with van der Waals surface area (Å²) in [7, 11) is 0. The van der Waals surface area contributed by atoms with E-state index < -0.39 is 0 Å². The molecule has 0 spiro atoms. The van der Waals surface area contributed by atoms with E-state index in [4.69, 9.17) is 5.11 Å². The van der Waals surface area contributed by atoms with E-state index in [1.807, 2.05) is 26.0 Å². The molecule has 1 rings (SSSR count). The summed E-state index contributed by atoms with van der Waals surface area (Å²) in [6.07, 6.45) is 0.700. The lowest BCUT2D eigenvalue weighted by atomic mass is 10.1. The van der Waals surface area contributed by atoms with Crippen LogP contribution in [-0.4, -0.2) is 24.2 Å². The molecule has 1 aromatic rings. The van der Waals surface area contributed by atoms with E-state index in [-0.39, 0.29) is 18.4 Å². The van der Waals surface area contributed by atoms with E-state index >= 15 is 0 Å². The predicted molar refractivity (Wildman–Crippen MR) is 71.6 cm³/mol. The molecule has 0 saturated carbocycles. The average Bonchev–Trinajstić information content (AvgIpc) is 2.29. The fraction of sp³-hybridized carbons (Fsp3) is 0.462. The molecule has 0 aromatic heterocycles. The first-order valence-electron chi connectivity index (χ1n) is 5.73. The molecular weight excluding hydrogens is 234 g/mol.